The number of H-pyrrole nitrogens is 1. The van der Waals surface area contributed by atoms with E-state index in [1.54, 1.807) is 63.4 Å². The van der Waals surface area contributed by atoms with Crippen molar-refractivity contribution in [1.29, 1.82) is 0 Å². The van der Waals surface area contributed by atoms with Crippen LogP contribution in [0.4, 0.5) is 4.39 Å². The van der Waals surface area contributed by atoms with Crippen molar-refractivity contribution < 1.29 is 18.7 Å². The normalized spacial score (nSPS) is 12.0. The Hall–Kier alpha value is -4.00. The number of halogens is 1. The Balaban J connectivity index is 1.51. The Morgan fingerprint density at radius 2 is 1.68 bits per heavy atom. The number of fused-ring (bicyclic) bond motifs is 1. The monoisotopic (exact) mass is 501 g/mol. The zero-order valence-electron chi connectivity index (χ0n) is 22.0. The first-order valence-electron chi connectivity index (χ1n) is 12.2. The van der Waals surface area contributed by atoms with E-state index >= 15 is 4.39 Å². The SMILES string of the molecule is CC(C)(C)OC(=O)c1cc2c(-c3ccc(CNC(=O)c4ccc(C(C)(C)C)cc4)c(F)c3)ccnc2[nH]1. The third-order valence-corrected chi connectivity index (χ3v) is 5.97. The summed E-state index contributed by atoms with van der Waals surface area (Å²) in [6.07, 6.45) is 1.60. The van der Waals surface area contributed by atoms with Crippen molar-refractivity contribution in [2.75, 3.05) is 0 Å². The number of carbonyl (C=O) groups excluding carboxylic acids is 2. The van der Waals surface area contributed by atoms with Crippen LogP contribution < -0.4 is 5.32 Å². The fourth-order valence-corrected chi connectivity index (χ4v) is 3.98. The number of nitrogens with zero attached hydrogens (tertiary/aromatic N) is 1. The summed E-state index contributed by atoms with van der Waals surface area (Å²) in [5.74, 6) is -1.18. The first-order chi connectivity index (χ1) is 17.3. The largest absolute Gasteiger partial charge is 0.455 e. The molecule has 0 aliphatic heterocycles. The molecule has 0 aliphatic rings. The second-order valence-electron chi connectivity index (χ2n) is 11.1. The molecule has 2 N–H and O–H groups in total. The molecule has 2 aromatic heterocycles. The van der Waals surface area contributed by atoms with Crippen LogP contribution in [-0.4, -0.2) is 27.4 Å². The fourth-order valence-electron chi connectivity index (χ4n) is 3.98. The molecule has 0 unspecified atom stereocenters. The van der Waals surface area contributed by atoms with Crippen molar-refractivity contribution in [3.05, 3.63) is 89.0 Å². The van der Waals surface area contributed by atoms with Crippen LogP contribution in [0.2, 0.25) is 0 Å². The number of pyridine rings is 1. The molecule has 4 aromatic rings. The lowest BCUT2D eigenvalue weighted by Crippen LogP contribution is -2.24. The van der Waals surface area contributed by atoms with Crippen molar-refractivity contribution in [2.24, 2.45) is 0 Å². The minimum atomic E-state index is -0.630. The predicted molar refractivity (Wildman–Crippen MR) is 143 cm³/mol. The quantitative estimate of drug-likeness (QED) is 0.304. The Kier molecular flexibility index (Phi) is 6.91. The van der Waals surface area contributed by atoms with Crippen molar-refractivity contribution in [3.63, 3.8) is 0 Å². The molecule has 0 saturated heterocycles. The van der Waals surface area contributed by atoms with E-state index in [0.29, 0.717) is 27.7 Å². The van der Waals surface area contributed by atoms with Gasteiger partial charge in [-0.15, -0.1) is 0 Å². The van der Waals surface area contributed by atoms with Gasteiger partial charge in [-0.25, -0.2) is 14.2 Å². The van der Waals surface area contributed by atoms with Gasteiger partial charge in [0.1, 0.15) is 22.8 Å². The Bertz CT molecular complexity index is 1460. The lowest BCUT2D eigenvalue weighted by Gasteiger charge is -2.19. The highest BCUT2D eigenvalue weighted by atomic mass is 19.1. The van der Waals surface area contributed by atoms with Gasteiger partial charge in [-0.2, -0.15) is 0 Å². The van der Waals surface area contributed by atoms with Crippen LogP contribution in [0.1, 0.15) is 73.5 Å². The molecule has 0 radical (unpaired) electrons. The van der Waals surface area contributed by atoms with Gasteiger partial charge in [0, 0.05) is 29.3 Å². The van der Waals surface area contributed by atoms with Crippen molar-refractivity contribution in [2.45, 2.75) is 59.1 Å². The molecule has 1 amide bonds. The van der Waals surface area contributed by atoms with E-state index in [0.717, 1.165) is 11.1 Å². The zero-order chi connectivity index (χ0) is 27.0. The summed E-state index contributed by atoms with van der Waals surface area (Å²) in [7, 11) is 0. The topological polar surface area (TPSA) is 84.1 Å². The molecular weight excluding hydrogens is 469 g/mol. The maximum Gasteiger partial charge on any atom is 0.355 e. The van der Waals surface area contributed by atoms with Gasteiger partial charge in [0.05, 0.1) is 0 Å². The van der Waals surface area contributed by atoms with Crippen molar-refractivity contribution in [3.8, 4) is 11.1 Å². The Morgan fingerprint density at radius 1 is 0.973 bits per heavy atom. The van der Waals surface area contributed by atoms with Gasteiger partial charge in [0.2, 0.25) is 0 Å². The number of hydrogen-bond donors (Lipinski definition) is 2. The second-order valence-corrected chi connectivity index (χ2v) is 11.1. The Labute approximate surface area is 216 Å². The van der Waals surface area contributed by atoms with E-state index in [1.165, 1.54) is 6.07 Å². The standard InChI is InChI=1S/C30H32FN3O3/c1-29(2,3)21-11-9-18(10-12-21)27(35)33-17-20-8-7-19(15-24(20)31)22-13-14-32-26-23(22)16-25(34-26)28(36)37-30(4,5)6/h7-16H,17H2,1-6H3,(H,32,34)(H,33,35). The highest BCUT2D eigenvalue weighted by Gasteiger charge is 2.21. The zero-order valence-corrected chi connectivity index (χ0v) is 22.0. The molecule has 0 bridgehead atoms. The summed E-state index contributed by atoms with van der Waals surface area (Å²) in [6, 6.07) is 15.8. The summed E-state index contributed by atoms with van der Waals surface area (Å²) in [5, 5.41) is 3.48. The summed E-state index contributed by atoms with van der Waals surface area (Å²) in [6.45, 7) is 11.8. The molecule has 4 rings (SSSR count). The maximum atomic E-state index is 15.0. The summed E-state index contributed by atoms with van der Waals surface area (Å²) >= 11 is 0. The van der Waals surface area contributed by atoms with Gasteiger partial charge in [-0.1, -0.05) is 45.0 Å². The average Bonchev–Trinajstić information content (AvgIpc) is 3.26. The molecule has 6 nitrogen and oxygen atoms in total. The first-order valence-corrected chi connectivity index (χ1v) is 12.2. The molecule has 192 valence electrons. The van der Waals surface area contributed by atoms with Gasteiger partial charge in [0.25, 0.3) is 5.91 Å². The minimum Gasteiger partial charge on any atom is -0.455 e. The predicted octanol–water partition coefficient (Wildman–Crippen LogP) is 6.55. The molecule has 2 aromatic carbocycles. The highest BCUT2D eigenvalue weighted by Crippen LogP contribution is 2.30. The molecule has 2 heterocycles. The molecule has 0 atom stereocenters. The van der Waals surface area contributed by atoms with Crippen LogP contribution >= 0.6 is 0 Å². The van der Waals surface area contributed by atoms with Gasteiger partial charge in [-0.3, -0.25) is 4.79 Å². The van der Waals surface area contributed by atoms with Gasteiger partial charge < -0.3 is 15.0 Å². The van der Waals surface area contributed by atoms with Crippen LogP contribution in [-0.2, 0) is 16.7 Å². The lowest BCUT2D eigenvalue weighted by atomic mass is 9.87. The number of amides is 1. The summed E-state index contributed by atoms with van der Waals surface area (Å²) < 4.78 is 20.5. The number of aromatic nitrogens is 2. The van der Waals surface area contributed by atoms with Gasteiger partial charge >= 0.3 is 5.97 Å². The van der Waals surface area contributed by atoms with E-state index in [-0.39, 0.29) is 23.6 Å². The van der Waals surface area contributed by atoms with Gasteiger partial charge in [-0.05, 0) is 73.2 Å². The van der Waals surface area contributed by atoms with E-state index < -0.39 is 17.4 Å². The van der Waals surface area contributed by atoms with E-state index in [4.69, 9.17) is 4.74 Å². The molecular formula is C30H32FN3O3. The van der Waals surface area contributed by atoms with Gasteiger partial charge in [0.15, 0.2) is 0 Å². The third kappa shape index (κ3) is 6.05. The number of carbonyl (C=O) groups is 2. The van der Waals surface area contributed by atoms with E-state index in [2.05, 4.69) is 36.1 Å². The van der Waals surface area contributed by atoms with Crippen LogP contribution in [0.15, 0.2) is 60.8 Å². The summed E-state index contributed by atoms with van der Waals surface area (Å²) in [5.41, 5.74) is 3.54. The number of rotatable bonds is 5. The maximum absolute atomic E-state index is 15.0. The molecule has 0 fully saturated rings. The Morgan fingerprint density at radius 3 is 2.30 bits per heavy atom. The first kappa shape index (κ1) is 26.1. The van der Waals surface area contributed by atoms with Crippen LogP contribution in [0.5, 0.6) is 0 Å². The molecule has 0 aliphatic carbocycles. The second kappa shape index (κ2) is 9.81. The van der Waals surface area contributed by atoms with E-state index in [9.17, 15) is 9.59 Å². The summed E-state index contributed by atoms with van der Waals surface area (Å²) in [4.78, 5) is 32.4. The lowest BCUT2D eigenvalue weighted by molar-refractivity contribution is 0.00637. The number of esters is 1. The molecule has 0 saturated carbocycles. The smallest absolute Gasteiger partial charge is 0.355 e. The van der Waals surface area contributed by atoms with Crippen molar-refractivity contribution >= 4 is 22.9 Å². The number of ether oxygens (including phenoxy) is 1. The number of nitrogens with one attached hydrogen (secondary N) is 2. The third-order valence-electron chi connectivity index (χ3n) is 5.97. The van der Waals surface area contributed by atoms with Crippen LogP contribution in [0, 0.1) is 5.82 Å². The van der Waals surface area contributed by atoms with Crippen LogP contribution in [0.25, 0.3) is 22.2 Å². The minimum absolute atomic E-state index is 0.00201. The fraction of sp³-hybridized carbons (Fsp3) is 0.300. The number of aromatic amines is 1. The average molecular weight is 502 g/mol. The highest BCUT2D eigenvalue weighted by molar-refractivity contribution is 6.00. The molecule has 0 spiro atoms. The number of hydrogen-bond acceptors (Lipinski definition) is 4. The van der Waals surface area contributed by atoms with E-state index in [1.807, 2.05) is 12.1 Å². The molecule has 37 heavy (non-hydrogen) atoms. The number of benzene rings is 2. The van der Waals surface area contributed by atoms with Crippen molar-refractivity contribution in [1.82, 2.24) is 15.3 Å². The van der Waals surface area contributed by atoms with Crippen LogP contribution in [0.3, 0.4) is 0 Å². The molecule has 7 heteroatoms.